The van der Waals surface area contributed by atoms with Crippen molar-refractivity contribution < 1.29 is 4.79 Å². The maximum atomic E-state index is 11.5. The fourth-order valence-corrected chi connectivity index (χ4v) is 2.08. The lowest BCUT2D eigenvalue weighted by molar-refractivity contribution is 0.101. The molecule has 1 heterocycles. The Labute approximate surface area is 121 Å². The molecule has 0 spiro atoms. The smallest absolute Gasteiger partial charge is 0.187 e. The maximum Gasteiger partial charge on any atom is 0.187 e. The molecule has 3 aromatic rings. The van der Waals surface area contributed by atoms with Crippen molar-refractivity contribution >= 4 is 11.5 Å². The van der Waals surface area contributed by atoms with Gasteiger partial charge in [-0.1, -0.05) is 24.3 Å². The number of hydrogen-bond donors (Lipinski definition) is 1. The fraction of sp³-hybridized carbons (Fsp3) is 0.0667. The third-order valence-electron chi connectivity index (χ3n) is 3.11. The number of carbonyl (C=O) groups is 1. The second-order valence-electron chi connectivity index (χ2n) is 4.65. The van der Waals surface area contributed by atoms with Gasteiger partial charge < -0.3 is 5.73 Å². The quantitative estimate of drug-likeness (QED) is 0.586. The minimum atomic E-state index is -0.00423. The van der Waals surface area contributed by atoms with Gasteiger partial charge in [0.15, 0.2) is 11.6 Å². The van der Waals surface area contributed by atoms with Gasteiger partial charge >= 0.3 is 0 Å². The van der Waals surface area contributed by atoms with Gasteiger partial charge in [-0.25, -0.2) is 0 Å². The molecular weight excluding hydrogens is 266 g/mol. The number of nitrogens with zero attached hydrogens (tertiary/aromatic N) is 4. The van der Waals surface area contributed by atoms with Crippen molar-refractivity contribution in [1.82, 2.24) is 20.2 Å². The van der Waals surface area contributed by atoms with Crippen molar-refractivity contribution in [3.63, 3.8) is 0 Å². The Morgan fingerprint density at radius 2 is 1.95 bits per heavy atom. The number of Topliss-reactive ketones (excluding diaryl/α,β-unsaturated/α-hetero) is 1. The third-order valence-corrected chi connectivity index (χ3v) is 3.11. The lowest BCUT2D eigenvalue weighted by atomic mass is 10.1. The Bertz CT molecular complexity index is 809. The van der Waals surface area contributed by atoms with Gasteiger partial charge in [0.05, 0.1) is 5.69 Å². The molecule has 0 bridgehead atoms. The number of tetrazole rings is 1. The number of nitrogen functional groups attached to an aromatic ring is 1. The maximum absolute atomic E-state index is 11.5. The Morgan fingerprint density at radius 1 is 1.14 bits per heavy atom. The Morgan fingerprint density at radius 3 is 2.71 bits per heavy atom. The Kier molecular flexibility index (Phi) is 3.19. The zero-order valence-corrected chi connectivity index (χ0v) is 11.4. The molecule has 0 saturated heterocycles. The van der Waals surface area contributed by atoms with E-state index in [2.05, 4.69) is 15.5 Å². The summed E-state index contributed by atoms with van der Waals surface area (Å²) in [6.45, 7) is 1.53. The second-order valence-corrected chi connectivity index (χ2v) is 4.65. The summed E-state index contributed by atoms with van der Waals surface area (Å²) in [7, 11) is 0. The van der Waals surface area contributed by atoms with Crippen molar-refractivity contribution in [2.75, 3.05) is 5.73 Å². The van der Waals surface area contributed by atoms with Crippen LogP contribution in [0.15, 0.2) is 48.5 Å². The van der Waals surface area contributed by atoms with Gasteiger partial charge in [0.25, 0.3) is 0 Å². The molecule has 1 aromatic heterocycles. The van der Waals surface area contributed by atoms with E-state index in [4.69, 9.17) is 5.73 Å². The minimum absolute atomic E-state index is 0.00423. The number of hydrogen-bond acceptors (Lipinski definition) is 5. The number of anilines is 1. The van der Waals surface area contributed by atoms with E-state index in [1.165, 1.54) is 6.92 Å². The van der Waals surface area contributed by atoms with Gasteiger partial charge in [-0.15, -0.1) is 5.10 Å². The molecule has 0 unspecified atom stereocenters. The molecule has 0 saturated carbocycles. The third kappa shape index (κ3) is 2.51. The summed E-state index contributed by atoms with van der Waals surface area (Å²) < 4.78 is 1.58. The molecule has 0 radical (unpaired) electrons. The van der Waals surface area contributed by atoms with E-state index in [-0.39, 0.29) is 5.78 Å². The summed E-state index contributed by atoms with van der Waals surface area (Å²) in [6.07, 6.45) is 0. The number of rotatable bonds is 3. The lowest BCUT2D eigenvalue weighted by Gasteiger charge is -2.06. The molecule has 0 aliphatic rings. The van der Waals surface area contributed by atoms with Crippen LogP contribution >= 0.6 is 0 Å². The highest BCUT2D eigenvalue weighted by atomic mass is 16.1. The zero-order chi connectivity index (χ0) is 14.8. The van der Waals surface area contributed by atoms with Gasteiger partial charge in [0.2, 0.25) is 0 Å². The van der Waals surface area contributed by atoms with Gasteiger partial charge in [0.1, 0.15) is 0 Å². The summed E-state index contributed by atoms with van der Waals surface area (Å²) >= 11 is 0. The normalized spacial score (nSPS) is 10.5. The lowest BCUT2D eigenvalue weighted by Crippen LogP contribution is -2.02. The summed E-state index contributed by atoms with van der Waals surface area (Å²) in [4.78, 5) is 11.5. The van der Waals surface area contributed by atoms with Crippen LogP contribution in [-0.2, 0) is 0 Å². The first kappa shape index (κ1) is 13.0. The topological polar surface area (TPSA) is 86.7 Å². The fourth-order valence-electron chi connectivity index (χ4n) is 2.08. The number of benzene rings is 2. The first-order valence-corrected chi connectivity index (χ1v) is 6.41. The molecule has 0 atom stereocenters. The van der Waals surface area contributed by atoms with E-state index < -0.39 is 0 Å². The largest absolute Gasteiger partial charge is 0.399 e. The molecule has 104 valence electrons. The van der Waals surface area contributed by atoms with Crippen LogP contribution in [0.1, 0.15) is 17.3 Å². The summed E-state index contributed by atoms with van der Waals surface area (Å²) in [5.41, 5.74) is 8.59. The van der Waals surface area contributed by atoms with Crippen LogP contribution in [-0.4, -0.2) is 26.0 Å². The molecular formula is C15H13N5O. The van der Waals surface area contributed by atoms with Crippen LogP contribution in [0.4, 0.5) is 5.69 Å². The average Bonchev–Trinajstić information content (AvgIpc) is 2.97. The predicted molar refractivity (Wildman–Crippen MR) is 79.0 cm³/mol. The van der Waals surface area contributed by atoms with Crippen molar-refractivity contribution in [3.8, 4) is 17.1 Å². The van der Waals surface area contributed by atoms with E-state index in [9.17, 15) is 4.79 Å². The average molecular weight is 279 g/mol. The molecule has 0 aliphatic carbocycles. The molecule has 0 amide bonds. The highest BCUT2D eigenvalue weighted by Gasteiger charge is 2.12. The van der Waals surface area contributed by atoms with Crippen molar-refractivity contribution in [2.24, 2.45) is 0 Å². The van der Waals surface area contributed by atoms with E-state index in [0.717, 1.165) is 11.3 Å². The van der Waals surface area contributed by atoms with E-state index in [0.29, 0.717) is 17.1 Å². The van der Waals surface area contributed by atoms with E-state index in [1.807, 2.05) is 18.2 Å². The van der Waals surface area contributed by atoms with Crippen LogP contribution in [0.3, 0.4) is 0 Å². The van der Waals surface area contributed by atoms with Gasteiger partial charge in [-0.2, -0.15) is 4.68 Å². The van der Waals surface area contributed by atoms with Gasteiger partial charge in [-0.3, -0.25) is 4.79 Å². The highest BCUT2D eigenvalue weighted by molar-refractivity contribution is 5.94. The van der Waals surface area contributed by atoms with Crippen LogP contribution in [0.2, 0.25) is 0 Å². The standard InChI is InChI=1S/C15H13N5O/c1-10(21)11-4-3-7-14(9-11)20-15(17-18-19-20)12-5-2-6-13(16)8-12/h2-9H,16H2,1H3. The summed E-state index contributed by atoms with van der Waals surface area (Å²) in [6, 6.07) is 14.5. The molecule has 2 N–H and O–H groups in total. The minimum Gasteiger partial charge on any atom is -0.399 e. The summed E-state index contributed by atoms with van der Waals surface area (Å²) in [5, 5.41) is 11.8. The molecule has 21 heavy (non-hydrogen) atoms. The van der Waals surface area contributed by atoms with Gasteiger partial charge in [0, 0.05) is 16.8 Å². The van der Waals surface area contributed by atoms with Crippen molar-refractivity contribution in [1.29, 1.82) is 0 Å². The highest BCUT2D eigenvalue weighted by Crippen LogP contribution is 2.21. The number of carbonyl (C=O) groups excluding carboxylic acids is 1. The van der Waals surface area contributed by atoms with Crippen LogP contribution in [0.5, 0.6) is 0 Å². The van der Waals surface area contributed by atoms with Crippen molar-refractivity contribution in [2.45, 2.75) is 6.92 Å². The van der Waals surface area contributed by atoms with E-state index >= 15 is 0 Å². The SMILES string of the molecule is CC(=O)c1cccc(-n2nnnc2-c2cccc(N)c2)c1. The van der Waals surface area contributed by atoms with Crippen LogP contribution < -0.4 is 5.73 Å². The first-order chi connectivity index (χ1) is 10.1. The molecule has 6 nitrogen and oxygen atoms in total. The van der Waals surface area contributed by atoms with E-state index in [1.54, 1.807) is 35.0 Å². The summed E-state index contributed by atoms with van der Waals surface area (Å²) in [5.74, 6) is 0.568. The molecule has 6 heteroatoms. The monoisotopic (exact) mass is 279 g/mol. The molecule has 0 aliphatic heterocycles. The second kappa shape index (κ2) is 5.16. The number of nitrogens with two attached hydrogens (primary N) is 1. The zero-order valence-electron chi connectivity index (χ0n) is 11.4. The first-order valence-electron chi connectivity index (χ1n) is 6.41. The predicted octanol–water partition coefficient (Wildman–Crippen LogP) is 2.11. The Balaban J connectivity index is 2.11. The number of ketones is 1. The number of aromatic nitrogens is 4. The molecule has 0 fully saturated rings. The van der Waals surface area contributed by atoms with Crippen LogP contribution in [0, 0.1) is 0 Å². The van der Waals surface area contributed by atoms with Crippen molar-refractivity contribution in [3.05, 3.63) is 54.1 Å². The van der Waals surface area contributed by atoms with Gasteiger partial charge in [-0.05, 0) is 41.6 Å². The molecule has 3 rings (SSSR count). The Hall–Kier alpha value is -3.02. The molecule has 2 aromatic carbocycles. The van der Waals surface area contributed by atoms with Crippen LogP contribution in [0.25, 0.3) is 17.1 Å².